The van der Waals surface area contributed by atoms with Crippen LogP contribution in [-0.4, -0.2) is 24.4 Å². The minimum absolute atomic E-state index is 0.0585. The number of hydrogen-bond donors (Lipinski definition) is 1. The van der Waals surface area contributed by atoms with Crippen molar-refractivity contribution < 1.29 is 4.79 Å². The summed E-state index contributed by atoms with van der Waals surface area (Å²) in [5, 5.41) is 0. The summed E-state index contributed by atoms with van der Waals surface area (Å²) in [4.78, 5) is 14.0. The van der Waals surface area contributed by atoms with Crippen LogP contribution in [0.5, 0.6) is 0 Å². The first kappa shape index (κ1) is 15.7. The van der Waals surface area contributed by atoms with Crippen molar-refractivity contribution in [2.24, 2.45) is 11.7 Å². The molecule has 1 atom stereocenters. The summed E-state index contributed by atoms with van der Waals surface area (Å²) in [5.74, 6) is 0.0829. The Kier molecular flexibility index (Phi) is 5.55. The van der Waals surface area contributed by atoms with E-state index in [9.17, 15) is 4.79 Å². The number of amides is 1. The SMILES string of the molecule is CCC(CN)C(=O)N(C)Cc1cc(C)c(C)cc1C. The van der Waals surface area contributed by atoms with Crippen LogP contribution in [0.15, 0.2) is 12.1 Å². The Hall–Kier alpha value is -1.35. The van der Waals surface area contributed by atoms with Gasteiger partial charge in [0.15, 0.2) is 0 Å². The van der Waals surface area contributed by atoms with Gasteiger partial charge in [-0.1, -0.05) is 19.1 Å². The van der Waals surface area contributed by atoms with E-state index < -0.39 is 0 Å². The van der Waals surface area contributed by atoms with Crippen LogP contribution in [-0.2, 0) is 11.3 Å². The zero-order chi connectivity index (χ0) is 14.6. The Balaban J connectivity index is 2.85. The lowest BCUT2D eigenvalue weighted by Crippen LogP contribution is -2.36. The van der Waals surface area contributed by atoms with E-state index in [1.807, 2.05) is 14.0 Å². The standard InChI is InChI=1S/C16H26N2O/c1-6-14(9-17)16(19)18(5)10-15-8-12(3)11(2)7-13(15)4/h7-8,14H,6,9-10,17H2,1-5H3. The number of hydrogen-bond acceptors (Lipinski definition) is 2. The van der Waals surface area contributed by atoms with Gasteiger partial charge in [0, 0.05) is 20.1 Å². The molecule has 1 aromatic carbocycles. The van der Waals surface area contributed by atoms with Gasteiger partial charge in [0.25, 0.3) is 0 Å². The fourth-order valence-corrected chi connectivity index (χ4v) is 2.28. The van der Waals surface area contributed by atoms with Crippen molar-refractivity contribution in [3.05, 3.63) is 34.4 Å². The maximum atomic E-state index is 12.2. The van der Waals surface area contributed by atoms with Crippen LogP contribution in [0.1, 0.15) is 35.6 Å². The average molecular weight is 262 g/mol. The van der Waals surface area contributed by atoms with Crippen LogP contribution in [0.2, 0.25) is 0 Å². The highest BCUT2D eigenvalue weighted by Gasteiger charge is 2.19. The van der Waals surface area contributed by atoms with Crippen LogP contribution >= 0.6 is 0 Å². The first-order chi connectivity index (χ1) is 8.90. The smallest absolute Gasteiger partial charge is 0.226 e. The second-order valence-corrected chi connectivity index (χ2v) is 5.40. The highest BCUT2D eigenvalue weighted by atomic mass is 16.2. The van der Waals surface area contributed by atoms with Gasteiger partial charge in [0.2, 0.25) is 5.91 Å². The Morgan fingerprint density at radius 3 is 2.32 bits per heavy atom. The van der Waals surface area contributed by atoms with Gasteiger partial charge in [-0.15, -0.1) is 0 Å². The van der Waals surface area contributed by atoms with Gasteiger partial charge in [0.1, 0.15) is 0 Å². The Morgan fingerprint density at radius 2 is 1.79 bits per heavy atom. The quantitative estimate of drug-likeness (QED) is 0.886. The molecule has 0 saturated heterocycles. The molecular weight excluding hydrogens is 236 g/mol. The molecule has 0 fully saturated rings. The third-order valence-electron chi connectivity index (χ3n) is 3.86. The van der Waals surface area contributed by atoms with Crippen LogP contribution in [0.25, 0.3) is 0 Å². The summed E-state index contributed by atoms with van der Waals surface area (Å²) < 4.78 is 0. The number of carbonyl (C=O) groups is 1. The third kappa shape index (κ3) is 3.80. The summed E-state index contributed by atoms with van der Waals surface area (Å²) in [6.07, 6.45) is 0.797. The molecule has 0 spiro atoms. The minimum Gasteiger partial charge on any atom is -0.341 e. The van der Waals surface area contributed by atoms with Crippen molar-refractivity contribution in [1.29, 1.82) is 0 Å². The average Bonchev–Trinajstić information content (AvgIpc) is 2.37. The van der Waals surface area contributed by atoms with E-state index in [-0.39, 0.29) is 11.8 Å². The van der Waals surface area contributed by atoms with Gasteiger partial charge >= 0.3 is 0 Å². The first-order valence-electron chi connectivity index (χ1n) is 6.92. The van der Waals surface area contributed by atoms with E-state index in [0.29, 0.717) is 13.1 Å². The van der Waals surface area contributed by atoms with Crippen LogP contribution in [0.4, 0.5) is 0 Å². The molecule has 0 saturated carbocycles. The minimum atomic E-state index is -0.0585. The molecule has 0 aromatic heterocycles. The summed E-state index contributed by atoms with van der Waals surface area (Å²) in [6.45, 7) is 9.40. The van der Waals surface area contributed by atoms with Crippen molar-refractivity contribution in [1.82, 2.24) is 4.90 Å². The fourth-order valence-electron chi connectivity index (χ4n) is 2.28. The maximum Gasteiger partial charge on any atom is 0.226 e. The molecule has 2 N–H and O–H groups in total. The maximum absolute atomic E-state index is 12.2. The molecule has 0 aliphatic rings. The third-order valence-corrected chi connectivity index (χ3v) is 3.86. The molecule has 0 bridgehead atoms. The highest BCUT2D eigenvalue weighted by Crippen LogP contribution is 2.17. The van der Waals surface area contributed by atoms with Gasteiger partial charge in [0.05, 0.1) is 5.92 Å². The van der Waals surface area contributed by atoms with Crippen molar-refractivity contribution in [3.8, 4) is 0 Å². The Morgan fingerprint density at radius 1 is 1.21 bits per heavy atom. The summed E-state index contributed by atoms with van der Waals surface area (Å²) in [5.41, 5.74) is 10.7. The molecule has 106 valence electrons. The van der Waals surface area contributed by atoms with Gasteiger partial charge < -0.3 is 10.6 Å². The molecule has 1 aromatic rings. The van der Waals surface area contributed by atoms with Gasteiger partial charge in [-0.25, -0.2) is 0 Å². The van der Waals surface area contributed by atoms with E-state index >= 15 is 0 Å². The molecule has 3 nitrogen and oxygen atoms in total. The van der Waals surface area contributed by atoms with E-state index in [2.05, 4.69) is 32.9 Å². The lowest BCUT2D eigenvalue weighted by Gasteiger charge is -2.23. The van der Waals surface area contributed by atoms with Gasteiger partial charge in [-0.2, -0.15) is 0 Å². The molecule has 19 heavy (non-hydrogen) atoms. The number of benzene rings is 1. The highest BCUT2D eigenvalue weighted by molar-refractivity contribution is 5.78. The number of nitrogens with two attached hydrogens (primary N) is 1. The predicted octanol–water partition coefficient (Wildman–Crippen LogP) is 2.56. The lowest BCUT2D eigenvalue weighted by atomic mass is 10.00. The molecule has 1 unspecified atom stereocenters. The first-order valence-corrected chi connectivity index (χ1v) is 6.92. The van der Waals surface area contributed by atoms with Gasteiger partial charge in [-0.05, 0) is 49.4 Å². The molecular formula is C16H26N2O. The van der Waals surface area contributed by atoms with Gasteiger partial charge in [-0.3, -0.25) is 4.79 Å². The van der Waals surface area contributed by atoms with Crippen molar-refractivity contribution in [3.63, 3.8) is 0 Å². The van der Waals surface area contributed by atoms with E-state index in [1.54, 1.807) is 4.90 Å². The second kappa shape index (κ2) is 6.71. The molecule has 0 aliphatic heterocycles. The van der Waals surface area contributed by atoms with E-state index in [1.165, 1.54) is 22.3 Å². The predicted molar refractivity (Wildman–Crippen MR) is 80.0 cm³/mol. The van der Waals surface area contributed by atoms with E-state index in [4.69, 9.17) is 5.73 Å². The van der Waals surface area contributed by atoms with Crippen LogP contribution < -0.4 is 5.73 Å². The topological polar surface area (TPSA) is 46.3 Å². The number of carbonyl (C=O) groups excluding carboxylic acids is 1. The van der Waals surface area contributed by atoms with Crippen molar-refractivity contribution in [2.75, 3.05) is 13.6 Å². The van der Waals surface area contributed by atoms with Crippen molar-refractivity contribution >= 4 is 5.91 Å². The summed E-state index contributed by atoms with van der Waals surface area (Å²) >= 11 is 0. The molecule has 1 rings (SSSR count). The lowest BCUT2D eigenvalue weighted by molar-refractivity contribution is -0.134. The Labute approximate surface area is 116 Å². The second-order valence-electron chi connectivity index (χ2n) is 5.40. The number of aryl methyl sites for hydroxylation is 3. The fraction of sp³-hybridized carbons (Fsp3) is 0.562. The zero-order valence-electron chi connectivity index (χ0n) is 12.8. The zero-order valence-corrected chi connectivity index (χ0v) is 12.8. The van der Waals surface area contributed by atoms with E-state index in [0.717, 1.165) is 6.42 Å². The number of rotatable bonds is 5. The van der Waals surface area contributed by atoms with Crippen molar-refractivity contribution in [2.45, 2.75) is 40.7 Å². The normalized spacial score (nSPS) is 12.3. The van der Waals surface area contributed by atoms with Crippen LogP contribution in [0.3, 0.4) is 0 Å². The molecule has 0 aliphatic carbocycles. The monoisotopic (exact) mass is 262 g/mol. The largest absolute Gasteiger partial charge is 0.341 e. The molecule has 0 heterocycles. The molecule has 3 heteroatoms. The molecule has 0 radical (unpaired) electrons. The summed E-state index contributed by atoms with van der Waals surface area (Å²) in [6, 6.07) is 4.36. The van der Waals surface area contributed by atoms with Crippen LogP contribution in [0, 0.1) is 26.7 Å². The number of nitrogens with zero attached hydrogens (tertiary/aromatic N) is 1. The Bertz CT molecular complexity index is 450. The summed E-state index contributed by atoms with van der Waals surface area (Å²) in [7, 11) is 1.86. The molecule has 1 amide bonds.